The Morgan fingerprint density at radius 2 is 1.81 bits per heavy atom. The highest BCUT2D eigenvalue weighted by molar-refractivity contribution is 7.91. The molecule has 21 heavy (non-hydrogen) atoms. The van der Waals surface area contributed by atoms with Gasteiger partial charge in [0, 0.05) is 5.56 Å². The van der Waals surface area contributed by atoms with Crippen molar-refractivity contribution >= 4 is 23.5 Å². The van der Waals surface area contributed by atoms with Gasteiger partial charge in [0.05, 0.1) is 26.0 Å². The van der Waals surface area contributed by atoms with Crippen LogP contribution in [0.1, 0.15) is 36.7 Å². The monoisotopic (exact) mass is 313 g/mol. The van der Waals surface area contributed by atoms with E-state index in [1.807, 2.05) is 0 Å². The molecule has 1 atom stereocenters. The normalized spacial score (nSPS) is 13.2. The lowest BCUT2D eigenvalue weighted by Gasteiger charge is -2.18. The summed E-state index contributed by atoms with van der Waals surface area (Å²) in [5.74, 6) is -0.437. The van der Waals surface area contributed by atoms with Crippen LogP contribution in [0.3, 0.4) is 0 Å². The molecule has 1 unspecified atom stereocenters. The summed E-state index contributed by atoms with van der Waals surface area (Å²) in [5, 5.41) is 9.24. The van der Waals surface area contributed by atoms with E-state index >= 15 is 0 Å². The van der Waals surface area contributed by atoms with E-state index in [0.717, 1.165) is 0 Å². The average Bonchev–Trinajstić information content (AvgIpc) is 2.42. The van der Waals surface area contributed by atoms with Gasteiger partial charge < -0.3 is 19.1 Å². The second-order valence-electron chi connectivity index (χ2n) is 5.20. The highest BCUT2D eigenvalue weighted by Gasteiger charge is 2.26. The second-order valence-corrected chi connectivity index (χ2v) is 7.13. The van der Waals surface area contributed by atoms with E-state index in [-0.39, 0.29) is 5.56 Å². The number of methoxy groups -OCH3 is 2. The molecule has 1 aromatic rings. The molecule has 0 saturated heterocycles. The second kappa shape index (κ2) is 6.82. The molecule has 0 bridgehead atoms. The van der Waals surface area contributed by atoms with Crippen LogP contribution in [-0.4, -0.2) is 40.8 Å². The van der Waals surface area contributed by atoms with E-state index in [1.165, 1.54) is 32.6 Å². The van der Waals surface area contributed by atoms with Gasteiger partial charge in [0.1, 0.15) is 16.1 Å². The number of nitrogens with zero attached hydrogens (tertiary/aromatic N) is 1. The van der Waals surface area contributed by atoms with Gasteiger partial charge in [-0.05, 0) is 32.9 Å². The Kier molecular flexibility index (Phi) is 5.62. The first kappa shape index (κ1) is 17.3. The minimum Gasteiger partial charge on any atom is -0.591 e. The molecule has 1 rings (SSSR count). The van der Waals surface area contributed by atoms with Gasteiger partial charge in [-0.1, -0.05) is 4.40 Å². The third-order valence-electron chi connectivity index (χ3n) is 2.60. The highest BCUT2D eigenvalue weighted by atomic mass is 32.2. The SMILES string of the molecule is COc1cc(C=N[S+]([O-])C(C)(C)C)c(C(=O)O)cc1OC. The van der Waals surface area contributed by atoms with Crippen LogP contribution in [0.25, 0.3) is 0 Å². The molecule has 0 aliphatic heterocycles. The molecule has 6 nitrogen and oxygen atoms in total. The molecule has 0 heterocycles. The number of carbonyl (C=O) groups is 1. The van der Waals surface area contributed by atoms with Crippen LogP contribution in [0.15, 0.2) is 16.5 Å². The number of carboxylic acids is 1. The Balaban J connectivity index is 3.27. The van der Waals surface area contributed by atoms with Crippen molar-refractivity contribution in [3.05, 3.63) is 23.3 Å². The molecule has 1 aromatic carbocycles. The van der Waals surface area contributed by atoms with Crippen molar-refractivity contribution in [1.29, 1.82) is 0 Å². The maximum Gasteiger partial charge on any atom is 0.336 e. The lowest BCUT2D eigenvalue weighted by atomic mass is 10.1. The van der Waals surface area contributed by atoms with Crippen LogP contribution in [0.5, 0.6) is 11.5 Å². The van der Waals surface area contributed by atoms with Crippen LogP contribution in [0.4, 0.5) is 0 Å². The topological polar surface area (TPSA) is 91.2 Å². The zero-order valence-corrected chi connectivity index (χ0v) is 13.5. The van der Waals surface area contributed by atoms with Crippen molar-refractivity contribution in [3.63, 3.8) is 0 Å². The Bertz CT molecular complexity index is 551. The molecule has 0 amide bonds. The summed E-state index contributed by atoms with van der Waals surface area (Å²) in [6, 6.07) is 2.84. The van der Waals surface area contributed by atoms with Crippen molar-refractivity contribution < 1.29 is 23.9 Å². The molecular formula is C14H19NO5S. The fraction of sp³-hybridized carbons (Fsp3) is 0.429. The summed E-state index contributed by atoms with van der Waals surface area (Å²) < 4.78 is 25.5. The van der Waals surface area contributed by atoms with Gasteiger partial charge in [-0.25, -0.2) is 4.79 Å². The van der Waals surface area contributed by atoms with Gasteiger partial charge in [-0.3, -0.25) is 0 Å². The molecule has 0 fully saturated rings. The van der Waals surface area contributed by atoms with E-state index in [2.05, 4.69) is 4.40 Å². The summed E-state index contributed by atoms with van der Waals surface area (Å²) in [4.78, 5) is 11.3. The highest BCUT2D eigenvalue weighted by Crippen LogP contribution is 2.30. The summed E-state index contributed by atoms with van der Waals surface area (Å²) >= 11 is -1.47. The molecule has 0 aliphatic carbocycles. The molecule has 7 heteroatoms. The number of aromatic carboxylic acids is 1. The Hall–Kier alpha value is -1.73. The summed E-state index contributed by atoms with van der Waals surface area (Å²) in [6.45, 7) is 5.35. The van der Waals surface area contributed by atoms with Gasteiger partial charge in [0.2, 0.25) is 0 Å². The van der Waals surface area contributed by atoms with Crippen LogP contribution < -0.4 is 9.47 Å². The minimum atomic E-state index is -1.47. The number of hydrogen-bond acceptors (Lipinski definition) is 5. The fourth-order valence-corrected chi connectivity index (χ4v) is 1.98. The van der Waals surface area contributed by atoms with Gasteiger partial charge in [-0.2, -0.15) is 0 Å². The molecule has 116 valence electrons. The first-order valence-electron chi connectivity index (χ1n) is 6.16. The number of carboxylic acid groups (broad SMARTS) is 1. The predicted molar refractivity (Wildman–Crippen MR) is 82.0 cm³/mol. The Labute approximate surface area is 127 Å². The number of rotatable bonds is 5. The lowest BCUT2D eigenvalue weighted by molar-refractivity contribution is 0.0696. The third-order valence-corrected chi connectivity index (χ3v) is 3.94. The molecule has 0 saturated carbocycles. The average molecular weight is 313 g/mol. The quantitative estimate of drug-likeness (QED) is 0.665. The van der Waals surface area contributed by atoms with Crippen LogP contribution in [0, 0.1) is 0 Å². The van der Waals surface area contributed by atoms with Gasteiger partial charge >= 0.3 is 5.97 Å². The number of hydrogen-bond donors (Lipinski definition) is 1. The molecular weight excluding hydrogens is 294 g/mol. The standard InChI is InChI=1S/C14H19NO5S/c1-14(2,3)21(18)15-8-9-6-11(19-4)12(20-5)7-10(9)13(16)17/h6-8H,1-5H3,(H,16,17). The van der Waals surface area contributed by atoms with Crippen molar-refractivity contribution in [2.75, 3.05) is 14.2 Å². The van der Waals surface area contributed by atoms with Crippen LogP contribution >= 0.6 is 0 Å². The first-order valence-corrected chi connectivity index (χ1v) is 7.26. The van der Waals surface area contributed by atoms with Crippen LogP contribution in [0.2, 0.25) is 0 Å². The minimum absolute atomic E-state index is 0.00214. The number of ether oxygens (including phenoxy) is 2. The van der Waals surface area contributed by atoms with Gasteiger partial charge in [0.15, 0.2) is 11.5 Å². The van der Waals surface area contributed by atoms with E-state index in [9.17, 15) is 14.5 Å². The summed E-state index contributed by atoms with van der Waals surface area (Å²) in [6.07, 6.45) is 1.28. The van der Waals surface area contributed by atoms with E-state index in [4.69, 9.17) is 9.47 Å². The van der Waals surface area contributed by atoms with E-state index < -0.39 is 22.1 Å². The Morgan fingerprint density at radius 1 is 1.29 bits per heavy atom. The van der Waals surface area contributed by atoms with Gasteiger partial charge in [0.25, 0.3) is 0 Å². The van der Waals surface area contributed by atoms with Gasteiger partial charge in [-0.15, -0.1) is 0 Å². The maximum absolute atomic E-state index is 11.9. The van der Waals surface area contributed by atoms with Crippen LogP contribution in [-0.2, 0) is 11.4 Å². The third kappa shape index (κ3) is 4.37. The Morgan fingerprint density at radius 3 is 2.24 bits per heavy atom. The van der Waals surface area contributed by atoms with Crippen molar-refractivity contribution in [2.24, 2.45) is 4.40 Å². The molecule has 0 spiro atoms. The zero-order valence-electron chi connectivity index (χ0n) is 12.7. The van der Waals surface area contributed by atoms with E-state index in [0.29, 0.717) is 17.1 Å². The first-order chi connectivity index (χ1) is 9.70. The van der Waals surface area contributed by atoms with E-state index in [1.54, 1.807) is 20.8 Å². The molecule has 0 radical (unpaired) electrons. The largest absolute Gasteiger partial charge is 0.591 e. The summed E-state index contributed by atoms with van der Waals surface area (Å²) in [5.41, 5.74) is 0.306. The molecule has 1 N–H and O–H groups in total. The maximum atomic E-state index is 11.9. The van der Waals surface area contributed by atoms with Crippen molar-refractivity contribution in [1.82, 2.24) is 0 Å². The van der Waals surface area contributed by atoms with Crippen molar-refractivity contribution in [3.8, 4) is 11.5 Å². The fourth-order valence-electron chi connectivity index (χ4n) is 1.45. The smallest absolute Gasteiger partial charge is 0.336 e. The molecule has 0 aromatic heterocycles. The molecule has 0 aliphatic rings. The number of benzene rings is 1. The summed E-state index contributed by atoms with van der Waals surface area (Å²) in [7, 11) is 2.87. The predicted octanol–water partition coefficient (Wildman–Crippen LogP) is 2.28. The lowest BCUT2D eigenvalue weighted by Crippen LogP contribution is -2.25. The zero-order chi connectivity index (χ0) is 16.2. The van der Waals surface area contributed by atoms with Crippen molar-refractivity contribution in [2.45, 2.75) is 25.5 Å².